The van der Waals surface area contributed by atoms with E-state index in [1.54, 1.807) is 0 Å². The molecule has 3 atom stereocenters. The smallest absolute Gasteiger partial charge is 0.315 e. The van der Waals surface area contributed by atoms with E-state index in [0.717, 1.165) is 4.48 Å². The van der Waals surface area contributed by atoms with Crippen molar-refractivity contribution in [3.05, 3.63) is 10.6 Å². The molecule has 0 aromatic carbocycles. The Morgan fingerprint density at radius 2 is 2.50 bits per heavy atom. The third kappa shape index (κ3) is 0.969. The summed E-state index contributed by atoms with van der Waals surface area (Å²) in [5, 5.41) is 8.74. The van der Waals surface area contributed by atoms with Crippen LogP contribution in [0.25, 0.3) is 0 Å². The van der Waals surface area contributed by atoms with E-state index in [0.29, 0.717) is 6.42 Å². The number of halogens is 1. The summed E-state index contributed by atoms with van der Waals surface area (Å²) in [4.78, 5) is 11.2. The van der Waals surface area contributed by atoms with Gasteiger partial charge in [-0.1, -0.05) is 15.9 Å². The molecule has 2 heterocycles. The summed E-state index contributed by atoms with van der Waals surface area (Å²) in [7, 11) is 0. The largest absolute Gasteiger partial charge is 0.458 e. The maximum absolute atomic E-state index is 11.2. The number of ether oxygens (including phenoxy) is 1. The minimum Gasteiger partial charge on any atom is -0.458 e. The van der Waals surface area contributed by atoms with Crippen LogP contribution in [0.4, 0.5) is 0 Å². The molecule has 12 heavy (non-hydrogen) atoms. The van der Waals surface area contributed by atoms with E-state index in [4.69, 9.17) is 10.00 Å². The van der Waals surface area contributed by atoms with Gasteiger partial charge in [-0.2, -0.15) is 5.26 Å². The van der Waals surface area contributed by atoms with Crippen LogP contribution in [-0.2, 0) is 9.53 Å². The van der Waals surface area contributed by atoms with E-state index in [1.807, 2.05) is 6.08 Å². The van der Waals surface area contributed by atoms with Crippen LogP contribution in [0.1, 0.15) is 6.42 Å². The predicted molar refractivity (Wildman–Crippen MR) is 44.1 cm³/mol. The molecule has 2 aliphatic heterocycles. The SMILES string of the molecule is N#C[C@@H]1C[C@H]2C=C(Br)[C@@H]1C(=O)O2. The molecule has 1 aliphatic carbocycles. The molecule has 3 aliphatic rings. The van der Waals surface area contributed by atoms with E-state index in [2.05, 4.69) is 22.0 Å². The van der Waals surface area contributed by atoms with Crippen molar-refractivity contribution in [3.8, 4) is 6.07 Å². The molecule has 0 N–H and O–H groups in total. The first-order chi connectivity index (χ1) is 5.72. The Kier molecular flexibility index (Phi) is 1.69. The van der Waals surface area contributed by atoms with Crippen molar-refractivity contribution in [3.63, 3.8) is 0 Å². The molecule has 4 heteroatoms. The van der Waals surface area contributed by atoms with Crippen molar-refractivity contribution < 1.29 is 9.53 Å². The summed E-state index contributed by atoms with van der Waals surface area (Å²) in [6.45, 7) is 0. The van der Waals surface area contributed by atoms with Crippen LogP contribution in [-0.4, -0.2) is 12.1 Å². The molecule has 3 nitrogen and oxygen atoms in total. The normalized spacial score (nSPS) is 38.5. The number of carbonyl (C=O) groups excluding carboxylic acids is 1. The minimum atomic E-state index is -0.375. The zero-order valence-corrected chi connectivity index (χ0v) is 7.74. The van der Waals surface area contributed by atoms with E-state index >= 15 is 0 Å². The standard InChI is InChI=1S/C8H6BrNO2/c9-6-2-5-1-4(3-10)7(6)8(11)12-5/h2,4-5,7H,1H2/t4-,5-,7+/m0/s1. The highest BCUT2D eigenvalue weighted by Gasteiger charge is 2.43. The number of hydrogen-bond acceptors (Lipinski definition) is 3. The second-order valence-electron chi connectivity index (χ2n) is 2.98. The fourth-order valence-electron chi connectivity index (χ4n) is 1.64. The van der Waals surface area contributed by atoms with E-state index in [9.17, 15) is 4.79 Å². The van der Waals surface area contributed by atoms with E-state index in [1.165, 1.54) is 0 Å². The third-order valence-electron chi connectivity index (χ3n) is 2.22. The Labute approximate surface area is 78.1 Å². The second kappa shape index (κ2) is 2.60. The third-order valence-corrected chi connectivity index (χ3v) is 2.98. The van der Waals surface area contributed by atoms with Gasteiger partial charge >= 0.3 is 5.97 Å². The highest BCUT2D eigenvalue weighted by Crippen LogP contribution is 2.40. The Hall–Kier alpha value is -0.820. The van der Waals surface area contributed by atoms with Gasteiger partial charge in [0.15, 0.2) is 0 Å². The lowest BCUT2D eigenvalue weighted by Gasteiger charge is -2.35. The molecule has 1 saturated heterocycles. The molecule has 2 bridgehead atoms. The molecular formula is C8H6BrNO2. The Morgan fingerprint density at radius 1 is 1.75 bits per heavy atom. The molecule has 0 amide bonds. The van der Waals surface area contributed by atoms with Gasteiger partial charge in [0.1, 0.15) is 12.0 Å². The maximum Gasteiger partial charge on any atom is 0.315 e. The number of nitrogens with zero attached hydrogens (tertiary/aromatic N) is 1. The second-order valence-corrected chi connectivity index (χ2v) is 3.89. The van der Waals surface area contributed by atoms with Crippen molar-refractivity contribution >= 4 is 21.9 Å². The fraction of sp³-hybridized carbons (Fsp3) is 0.500. The van der Waals surface area contributed by atoms with Gasteiger partial charge in [0.05, 0.1) is 12.0 Å². The minimum absolute atomic E-state index is 0.193. The van der Waals surface area contributed by atoms with Crippen molar-refractivity contribution in [1.29, 1.82) is 5.26 Å². The topological polar surface area (TPSA) is 50.1 Å². The molecule has 0 aromatic rings. The number of esters is 1. The van der Waals surface area contributed by atoms with Gasteiger partial charge in [-0.3, -0.25) is 4.79 Å². The van der Waals surface area contributed by atoms with Crippen molar-refractivity contribution in [1.82, 2.24) is 0 Å². The van der Waals surface area contributed by atoms with Crippen molar-refractivity contribution in [2.75, 3.05) is 0 Å². The molecule has 0 spiro atoms. The van der Waals surface area contributed by atoms with Gasteiger partial charge < -0.3 is 4.74 Å². The van der Waals surface area contributed by atoms with Crippen LogP contribution in [0.2, 0.25) is 0 Å². The number of rotatable bonds is 0. The van der Waals surface area contributed by atoms with Gasteiger partial charge in [-0.25, -0.2) is 0 Å². The number of carbonyl (C=O) groups is 1. The van der Waals surface area contributed by atoms with Crippen molar-refractivity contribution in [2.45, 2.75) is 12.5 Å². The number of fused-ring (bicyclic) bond motifs is 2. The van der Waals surface area contributed by atoms with Crippen LogP contribution in [0.15, 0.2) is 10.6 Å². The molecule has 1 fully saturated rings. The summed E-state index contributed by atoms with van der Waals surface area (Å²) >= 11 is 3.28. The molecule has 62 valence electrons. The molecule has 3 rings (SSSR count). The van der Waals surface area contributed by atoms with Gasteiger partial charge in [0.25, 0.3) is 0 Å². The average Bonchev–Trinajstić information content (AvgIpc) is 2.02. The lowest BCUT2D eigenvalue weighted by atomic mass is 9.81. The van der Waals surface area contributed by atoms with Gasteiger partial charge in [-0.15, -0.1) is 0 Å². The Bertz CT molecular complexity index is 305. The summed E-state index contributed by atoms with van der Waals surface area (Å²) in [5.41, 5.74) is 0. The first-order valence-corrected chi connectivity index (χ1v) is 4.49. The van der Waals surface area contributed by atoms with E-state index in [-0.39, 0.29) is 23.9 Å². The van der Waals surface area contributed by atoms with Crippen LogP contribution < -0.4 is 0 Å². The Balaban J connectivity index is 2.38. The lowest BCUT2D eigenvalue weighted by molar-refractivity contribution is -0.159. The van der Waals surface area contributed by atoms with Crippen LogP contribution >= 0.6 is 15.9 Å². The highest BCUT2D eigenvalue weighted by atomic mass is 79.9. The summed E-state index contributed by atoms with van der Waals surface area (Å²) in [5.74, 6) is -0.859. The van der Waals surface area contributed by atoms with Gasteiger partial charge in [0.2, 0.25) is 0 Å². The predicted octanol–water partition coefficient (Wildman–Crippen LogP) is 1.35. The van der Waals surface area contributed by atoms with Gasteiger partial charge in [-0.05, 0) is 6.08 Å². The average molecular weight is 228 g/mol. The van der Waals surface area contributed by atoms with Crippen LogP contribution in [0.3, 0.4) is 0 Å². The van der Waals surface area contributed by atoms with Crippen LogP contribution in [0.5, 0.6) is 0 Å². The first kappa shape index (κ1) is 7.81. The molecule has 0 radical (unpaired) electrons. The Morgan fingerprint density at radius 3 is 2.92 bits per heavy atom. The number of hydrogen-bond donors (Lipinski definition) is 0. The van der Waals surface area contributed by atoms with Crippen LogP contribution in [0, 0.1) is 23.2 Å². The van der Waals surface area contributed by atoms with Gasteiger partial charge in [0, 0.05) is 10.9 Å². The zero-order chi connectivity index (χ0) is 8.72. The first-order valence-electron chi connectivity index (χ1n) is 3.69. The highest BCUT2D eigenvalue weighted by molar-refractivity contribution is 9.11. The summed E-state index contributed by atoms with van der Waals surface area (Å²) in [6.07, 6.45) is 2.31. The zero-order valence-electron chi connectivity index (χ0n) is 6.16. The molecule has 0 unspecified atom stereocenters. The molecular weight excluding hydrogens is 222 g/mol. The maximum atomic E-state index is 11.2. The monoisotopic (exact) mass is 227 g/mol. The fourth-order valence-corrected chi connectivity index (χ4v) is 2.44. The van der Waals surface area contributed by atoms with E-state index < -0.39 is 0 Å². The summed E-state index contributed by atoms with van der Waals surface area (Å²) < 4.78 is 5.80. The summed E-state index contributed by atoms with van der Waals surface area (Å²) in [6, 6.07) is 2.12. The number of nitriles is 1. The van der Waals surface area contributed by atoms with Crippen molar-refractivity contribution in [2.24, 2.45) is 11.8 Å². The lowest BCUT2D eigenvalue weighted by Crippen LogP contribution is -2.41. The molecule has 0 aromatic heterocycles. The quantitative estimate of drug-likeness (QED) is 0.588. The molecule has 0 saturated carbocycles.